The zero-order chi connectivity index (χ0) is 14.5. The SMILES string of the molecule is COc1ccc(COc2ccccc2C(C)=O)cc1F. The van der Waals surface area contributed by atoms with Gasteiger partial charge in [0.2, 0.25) is 0 Å². The molecule has 104 valence electrons. The van der Waals surface area contributed by atoms with Crippen LogP contribution in [0.3, 0.4) is 0 Å². The number of rotatable bonds is 5. The first kappa shape index (κ1) is 14.1. The van der Waals surface area contributed by atoms with E-state index >= 15 is 0 Å². The second-order valence-electron chi connectivity index (χ2n) is 4.31. The third kappa shape index (κ3) is 3.15. The second kappa shape index (κ2) is 6.19. The number of methoxy groups -OCH3 is 1. The average molecular weight is 274 g/mol. The van der Waals surface area contributed by atoms with Gasteiger partial charge in [0.15, 0.2) is 17.3 Å². The van der Waals surface area contributed by atoms with Crippen molar-refractivity contribution in [2.45, 2.75) is 13.5 Å². The van der Waals surface area contributed by atoms with Gasteiger partial charge in [-0.2, -0.15) is 0 Å². The number of benzene rings is 2. The lowest BCUT2D eigenvalue weighted by Gasteiger charge is -2.10. The van der Waals surface area contributed by atoms with Crippen LogP contribution in [0.25, 0.3) is 0 Å². The largest absolute Gasteiger partial charge is 0.494 e. The van der Waals surface area contributed by atoms with E-state index in [0.29, 0.717) is 16.9 Å². The first-order valence-electron chi connectivity index (χ1n) is 6.17. The van der Waals surface area contributed by atoms with Gasteiger partial charge < -0.3 is 9.47 Å². The summed E-state index contributed by atoms with van der Waals surface area (Å²) in [7, 11) is 1.41. The Kier molecular flexibility index (Phi) is 4.35. The lowest BCUT2D eigenvalue weighted by molar-refractivity contribution is 0.101. The number of carbonyl (C=O) groups is 1. The molecule has 0 aliphatic rings. The Balaban J connectivity index is 2.13. The van der Waals surface area contributed by atoms with Crippen LogP contribution in [0.4, 0.5) is 4.39 Å². The standard InChI is InChI=1S/C16H15FO3/c1-11(18)13-5-3-4-6-15(13)20-10-12-7-8-16(19-2)14(17)9-12/h3-9H,10H2,1-2H3. The van der Waals surface area contributed by atoms with Gasteiger partial charge in [-0.15, -0.1) is 0 Å². The summed E-state index contributed by atoms with van der Waals surface area (Å²) in [6.07, 6.45) is 0. The minimum atomic E-state index is -0.437. The molecule has 4 heteroatoms. The molecule has 20 heavy (non-hydrogen) atoms. The maximum atomic E-state index is 13.5. The predicted molar refractivity (Wildman–Crippen MR) is 73.7 cm³/mol. The van der Waals surface area contributed by atoms with Gasteiger partial charge in [-0.1, -0.05) is 18.2 Å². The highest BCUT2D eigenvalue weighted by atomic mass is 19.1. The van der Waals surface area contributed by atoms with Crippen LogP contribution >= 0.6 is 0 Å². The summed E-state index contributed by atoms with van der Waals surface area (Å²) in [5.41, 5.74) is 1.18. The third-order valence-electron chi connectivity index (χ3n) is 2.88. The van der Waals surface area contributed by atoms with Gasteiger partial charge in [-0.25, -0.2) is 4.39 Å². The fourth-order valence-electron chi connectivity index (χ4n) is 1.84. The highest BCUT2D eigenvalue weighted by molar-refractivity contribution is 5.96. The molecule has 0 aliphatic heterocycles. The number of Topliss-reactive ketones (excluding diaryl/α,β-unsaturated/α-hetero) is 1. The molecular formula is C16H15FO3. The van der Waals surface area contributed by atoms with Crippen LogP contribution in [0, 0.1) is 5.82 Å². The molecule has 0 radical (unpaired) electrons. The number of hydrogen-bond donors (Lipinski definition) is 0. The molecule has 0 heterocycles. The van der Waals surface area contributed by atoms with Gasteiger partial charge in [-0.3, -0.25) is 4.79 Å². The van der Waals surface area contributed by atoms with Crippen LogP contribution in [-0.2, 0) is 6.61 Å². The Labute approximate surface area is 117 Å². The van der Waals surface area contributed by atoms with Crippen molar-refractivity contribution in [1.29, 1.82) is 0 Å². The van der Waals surface area contributed by atoms with Gasteiger partial charge >= 0.3 is 0 Å². The van der Waals surface area contributed by atoms with E-state index in [-0.39, 0.29) is 18.1 Å². The first-order chi connectivity index (χ1) is 9.61. The topological polar surface area (TPSA) is 35.5 Å². The van der Waals surface area contributed by atoms with Crippen molar-refractivity contribution in [1.82, 2.24) is 0 Å². The zero-order valence-electron chi connectivity index (χ0n) is 11.4. The van der Waals surface area contributed by atoms with E-state index in [0.717, 1.165) is 0 Å². The summed E-state index contributed by atoms with van der Waals surface area (Å²) in [5, 5.41) is 0. The van der Waals surface area contributed by atoms with Crippen molar-refractivity contribution < 1.29 is 18.7 Å². The first-order valence-corrected chi connectivity index (χ1v) is 6.17. The van der Waals surface area contributed by atoms with E-state index in [2.05, 4.69) is 0 Å². The summed E-state index contributed by atoms with van der Waals surface area (Å²) in [5.74, 6) is 0.184. The number of ether oxygens (including phenoxy) is 2. The van der Waals surface area contributed by atoms with Gasteiger partial charge in [0.05, 0.1) is 12.7 Å². The minimum Gasteiger partial charge on any atom is -0.494 e. The maximum Gasteiger partial charge on any atom is 0.165 e. The molecule has 3 nitrogen and oxygen atoms in total. The van der Waals surface area contributed by atoms with Crippen LogP contribution in [0.5, 0.6) is 11.5 Å². The van der Waals surface area contributed by atoms with Crippen molar-refractivity contribution in [2.24, 2.45) is 0 Å². The third-order valence-corrected chi connectivity index (χ3v) is 2.88. The van der Waals surface area contributed by atoms with Crippen LogP contribution < -0.4 is 9.47 Å². The summed E-state index contributed by atoms with van der Waals surface area (Å²) in [6.45, 7) is 1.67. The molecule has 2 aromatic rings. The zero-order valence-corrected chi connectivity index (χ0v) is 11.4. The van der Waals surface area contributed by atoms with Gasteiger partial charge in [-0.05, 0) is 36.8 Å². The van der Waals surface area contributed by atoms with Gasteiger partial charge in [0.25, 0.3) is 0 Å². The normalized spacial score (nSPS) is 10.2. The molecule has 0 aromatic heterocycles. The lowest BCUT2D eigenvalue weighted by Crippen LogP contribution is -2.02. The van der Waals surface area contributed by atoms with Gasteiger partial charge in [0.1, 0.15) is 12.4 Å². The van der Waals surface area contributed by atoms with Crippen molar-refractivity contribution in [3.05, 3.63) is 59.4 Å². The van der Waals surface area contributed by atoms with Crippen molar-refractivity contribution >= 4 is 5.78 Å². The molecule has 0 fully saturated rings. The molecule has 2 aromatic carbocycles. The van der Waals surface area contributed by atoms with E-state index in [1.54, 1.807) is 36.4 Å². The van der Waals surface area contributed by atoms with Crippen LogP contribution in [-0.4, -0.2) is 12.9 Å². The summed E-state index contributed by atoms with van der Waals surface area (Å²) in [4.78, 5) is 11.5. The Morgan fingerprint density at radius 2 is 1.90 bits per heavy atom. The lowest BCUT2D eigenvalue weighted by atomic mass is 10.1. The number of hydrogen-bond acceptors (Lipinski definition) is 3. The van der Waals surface area contributed by atoms with Gasteiger partial charge in [0, 0.05) is 0 Å². The maximum absolute atomic E-state index is 13.5. The van der Waals surface area contributed by atoms with Crippen LogP contribution in [0.1, 0.15) is 22.8 Å². The molecule has 2 rings (SSSR count). The molecule has 0 amide bonds. The highest BCUT2D eigenvalue weighted by Gasteiger charge is 2.08. The Bertz CT molecular complexity index is 623. The van der Waals surface area contributed by atoms with E-state index < -0.39 is 5.82 Å². The van der Waals surface area contributed by atoms with E-state index in [9.17, 15) is 9.18 Å². The molecule has 0 bridgehead atoms. The Hall–Kier alpha value is -2.36. The minimum absolute atomic E-state index is 0.0680. The van der Waals surface area contributed by atoms with Crippen LogP contribution in [0.2, 0.25) is 0 Å². The molecule has 0 spiro atoms. The second-order valence-corrected chi connectivity index (χ2v) is 4.31. The van der Waals surface area contributed by atoms with Crippen molar-refractivity contribution in [3.8, 4) is 11.5 Å². The summed E-state index contributed by atoms with van der Waals surface area (Å²) >= 11 is 0. The average Bonchev–Trinajstić information content (AvgIpc) is 2.45. The fraction of sp³-hybridized carbons (Fsp3) is 0.188. The fourth-order valence-corrected chi connectivity index (χ4v) is 1.84. The van der Waals surface area contributed by atoms with E-state index in [1.165, 1.54) is 20.1 Å². The quantitative estimate of drug-likeness (QED) is 0.781. The van der Waals surface area contributed by atoms with Crippen molar-refractivity contribution in [3.63, 3.8) is 0 Å². The number of carbonyl (C=O) groups excluding carboxylic acids is 1. The Morgan fingerprint density at radius 3 is 2.55 bits per heavy atom. The van der Waals surface area contributed by atoms with Crippen LogP contribution in [0.15, 0.2) is 42.5 Å². The predicted octanol–water partition coefficient (Wildman–Crippen LogP) is 3.62. The number of halogens is 1. The summed E-state index contributed by atoms with van der Waals surface area (Å²) in [6, 6.07) is 11.6. The monoisotopic (exact) mass is 274 g/mol. The van der Waals surface area contributed by atoms with Crippen molar-refractivity contribution in [2.75, 3.05) is 7.11 Å². The summed E-state index contributed by atoms with van der Waals surface area (Å²) < 4.78 is 24.0. The molecule has 0 atom stereocenters. The molecule has 0 aliphatic carbocycles. The molecule has 0 N–H and O–H groups in total. The van der Waals surface area contributed by atoms with E-state index in [4.69, 9.17) is 9.47 Å². The Morgan fingerprint density at radius 1 is 1.15 bits per heavy atom. The van der Waals surface area contributed by atoms with E-state index in [1.807, 2.05) is 0 Å². The molecule has 0 saturated carbocycles. The smallest absolute Gasteiger partial charge is 0.165 e. The molecule has 0 unspecified atom stereocenters. The number of para-hydroxylation sites is 1. The number of ketones is 1. The highest BCUT2D eigenvalue weighted by Crippen LogP contribution is 2.22. The molecule has 0 saturated heterocycles. The molecular weight excluding hydrogens is 259 g/mol.